The summed E-state index contributed by atoms with van der Waals surface area (Å²) in [5, 5.41) is 6.69. The molecular weight excluding hydrogens is 464 g/mol. The van der Waals surface area contributed by atoms with Crippen LogP contribution < -0.4 is 10.6 Å². The van der Waals surface area contributed by atoms with Crippen molar-refractivity contribution >= 4 is 11.8 Å². The molecule has 198 valence electrons. The average Bonchev–Trinajstić information content (AvgIpc) is 3.34. The molecule has 0 unspecified atom stereocenters. The maximum atomic E-state index is 13.2. The van der Waals surface area contributed by atoms with Crippen molar-refractivity contribution in [2.24, 2.45) is 5.92 Å². The third-order valence-corrected chi connectivity index (χ3v) is 8.18. The Morgan fingerprint density at radius 3 is 2.43 bits per heavy atom. The summed E-state index contributed by atoms with van der Waals surface area (Å²) in [6, 6.07) is 12.7. The standard InChI is InChI=1S/C29H40N6O2/c1-22(36)34-12-7-23(8-13-34)16-27-17-24(6-9-31-27)29(37)32-18-28(35-14-10-30-11-15-35)21-33-19-25-4-2-3-5-26(25)20-33/h2-6,9,17,23,28,30H,7-8,10-16,18-21H2,1H3,(H,32,37)/t28-/m0/s1. The van der Waals surface area contributed by atoms with Gasteiger partial charge in [0.2, 0.25) is 5.91 Å². The molecule has 5 rings (SSSR count). The molecule has 1 aromatic heterocycles. The lowest BCUT2D eigenvalue weighted by Crippen LogP contribution is -2.55. The molecule has 8 heteroatoms. The van der Waals surface area contributed by atoms with E-state index in [-0.39, 0.29) is 17.9 Å². The Kier molecular flexibility index (Phi) is 8.48. The van der Waals surface area contributed by atoms with Gasteiger partial charge in [-0.15, -0.1) is 0 Å². The molecule has 8 nitrogen and oxygen atoms in total. The van der Waals surface area contributed by atoms with Crippen LogP contribution in [0.25, 0.3) is 0 Å². The van der Waals surface area contributed by atoms with Crippen molar-refractivity contribution in [3.8, 4) is 0 Å². The zero-order valence-electron chi connectivity index (χ0n) is 22.0. The SMILES string of the molecule is CC(=O)N1CCC(Cc2cc(C(=O)NC[C@@H](CN3Cc4ccccc4C3)N3CCNCC3)ccn2)CC1. The number of amides is 2. The smallest absolute Gasteiger partial charge is 0.251 e. The second kappa shape index (κ2) is 12.2. The quantitative estimate of drug-likeness (QED) is 0.572. The van der Waals surface area contributed by atoms with Crippen LogP contribution in [0.5, 0.6) is 0 Å². The zero-order chi connectivity index (χ0) is 25.6. The summed E-state index contributed by atoms with van der Waals surface area (Å²) in [7, 11) is 0. The highest BCUT2D eigenvalue weighted by atomic mass is 16.2. The molecule has 2 amide bonds. The molecule has 0 aliphatic carbocycles. The van der Waals surface area contributed by atoms with E-state index in [2.05, 4.69) is 49.7 Å². The summed E-state index contributed by atoms with van der Waals surface area (Å²) in [4.78, 5) is 36.3. The van der Waals surface area contributed by atoms with Crippen molar-refractivity contribution in [3.05, 3.63) is 65.0 Å². The summed E-state index contributed by atoms with van der Waals surface area (Å²) in [6.45, 7) is 10.8. The Hall–Kier alpha value is -2.81. The summed E-state index contributed by atoms with van der Waals surface area (Å²) >= 11 is 0. The number of carbonyl (C=O) groups is 2. The number of fused-ring (bicyclic) bond motifs is 1. The average molecular weight is 505 g/mol. The van der Waals surface area contributed by atoms with Gasteiger partial charge in [-0.3, -0.25) is 24.4 Å². The minimum atomic E-state index is -0.0279. The summed E-state index contributed by atoms with van der Waals surface area (Å²) < 4.78 is 0. The molecule has 3 aliphatic heterocycles. The molecule has 4 heterocycles. The Labute approximate surface area is 220 Å². The third kappa shape index (κ3) is 6.74. The van der Waals surface area contributed by atoms with Crippen LogP contribution in [0.4, 0.5) is 0 Å². The first-order valence-corrected chi connectivity index (χ1v) is 13.8. The molecule has 0 saturated carbocycles. The van der Waals surface area contributed by atoms with Gasteiger partial charge >= 0.3 is 0 Å². The number of likely N-dealkylation sites (tertiary alicyclic amines) is 1. The lowest BCUT2D eigenvalue weighted by molar-refractivity contribution is -0.130. The number of aromatic nitrogens is 1. The van der Waals surface area contributed by atoms with Gasteiger partial charge in [-0.05, 0) is 48.4 Å². The van der Waals surface area contributed by atoms with Gasteiger partial charge in [0.05, 0.1) is 0 Å². The number of nitrogens with one attached hydrogen (secondary N) is 2. The number of nitrogens with zero attached hydrogens (tertiary/aromatic N) is 4. The minimum absolute atomic E-state index is 0.0279. The first kappa shape index (κ1) is 25.8. The van der Waals surface area contributed by atoms with E-state index in [4.69, 9.17) is 0 Å². The maximum absolute atomic E-state index is 13.2. The highest BCUT2D eigenvalue weighted by Crippen LogP contribution is 2.23. The minimum Gasteiger partial charge on any atom is -0.350 e. The lowest BCUT2D eigenvalue weighted by Gasteiger charge is -2.37. The van der Waals surface area contributed by atoms with Gasteiger partial charge < -0.3 is 15.5 Å². The van der Waals surface area contributed by atoms with E-state index in [9.17, 15) is 9.59 Å². The maximum Gasteiger partial charge on any atom is 0.251 e. The van der Waals surface area contributed by atoms with Gasteiger partial charge in [-0.1, -0.05) is 24.3 Å². The Balaban J connectivity index is 1.17. The van der Waals surface area contributed by atoms with E-state index < -0.39 is 0 Å². The van der Waals surface area contributed by atoms with Gasteiger partial charge in [0.25, 0.3) is 5.91 Å². The van der Waals surface area contributed by atoms with Crippen molar-refractivity contribution in [1.82, 2.24) is 30.3 Å². The lowest BCUT2D eigenvalue weighted by atomic mass is 9.91. The van der Waals surface area contributed by atoms with E-state index in [1.165, 1.54) is 11.1 Å². The monoisotopic (exact) mass is 504 g/mol. The molecule has 3 aliphatic rings. The van der Waals surface area contributed by atoms with Crippen molar-refractivity contribution in [2.45, 2.75) is 45.3 Å². The molecule has 1 aromatic carbocycles. The van der Waals surface area contributed by atoms with Gasteiger partial charge in [-0.2, -0.15) is 0 Å². The molecule has 2 aromatic rings. The third-order valence-electron chi connectivity index (χ3n) is 8.18. The number of piperazine rings is 1. The molecular formula is C29H40N6O2. The Bertz CT molecular complexity index is 1050. The second-order valence-corrected chi connectivity index (χ2v) is 10.8. The van der Waals surface area contributed by atoms with E-state index in [0.29, 0.717) is 18.0 Å². The van der Waals surface area contributed by atoms with E-state index in [1.807, 2.05) is 17.0 Å². The highest BCUT2D eigenvalue weighted by molar-refractivity contribution is 5.94. The fourth-order valence-corrected chi connectivity index (χ4v) is 5.98. The fraction of sp³-hybridized carbons (Fsp3) is 0.552. The van der Waals surface area contributed by atoms with Crippen LogP contribution in [-0.4, -0.2) is 89.9 Å². The number of hydrogen-bond donors (Lipinski definition) is 2. The molecule has 0 bridgehead atoms. The van der Waals surface area contributed by atoms with Gasteiger partial charge in [0.15, 0.2) is 0 Å². The summed E-state index contributed by atoms with van der Waals surface area (Å²) in [5.74, 6) is 0.631. The first-order valence-electron chi connectivity index (χ1n) is 13.8. The van der Waals surface area contributed by atoms with E-state index in [0.717, 1.165) is 83.9 Å². The van der Waals surface area contributed by atoms with Gasteiger partial charge in [0, 0.05) is 95.9 Å². The van der Waals surface area contributed by atoms with Crippen LogP contribution in [0, 0.1) is 5.92 Å². The molecule has 1 atom stereocenters. The first-order chi connectivity index (χ1) is 18.0. The van der Waals surface area contributed by atoms with Crippen LogP contribution in [0.15, 0.2) is 42.6 Å². The number of hydrogen-bond acceptors (Lipinski definition) is 6. The summed E-state index contributed by atoms with van der Waals surface area (Å²) in [5.41, 5.74) is 4.48. The second-order valence-electron chi connectivity index (χ2n) is 10.8. The molecule has 37 heavy (non-hydrogen) atoms. The van der Waals surface area contributed by atoms with E-state index >= 15 is 0 Å². The van der Waals surface area contributed by atoms with Crippen molar-refractivity contribution in [2.75, 3.05) is 52.4 Å². The van der Waals surface area contributed by atoms with Crippen molar-refractivity contribution < 1.29 is 9.59 Å². The van der Waals surface area contributed by atoms with Crippen LogP contribution in [0.2, 0.25) is 0 Å². The molecule has 2 saturated heterocycles. The number of benzene rings is 1. The van der Waals surface area contributed by atoms with E-state index in [1.54, 1.807) is 13.1 Å². The Morgan fingerprint density at radius 1 is 1.05 bits per heavy atom. The van der Waals surface area contributed by atoms with Crippen molar-refractivity contribution in [3.63, 3.8) is 0 Å². The zero-order valence-corrected chi connectivity index (χ0v) is 22.0. The number of rotatable bonds is 8. The van der Waals surface area contributed by atoms with Crippen LogP contribution in [0.3, 0.4) is 0 Å². The molecule has 0 radical (unpaired) electrons. The van der Waals surface area contributed by atoms with Crippen LogP contribution in [0.1, 0.15) is 46.9 Å². The molecule has 2 N–H and O–H groups in total. The predicted octanol–water partition coefficient (Wildman–Crippen LogP) is 1.90. The van der Waals surface area contributed by atoms with Gasteiger partial charge in [0.1, 0.15) is 0 Å². The number of carbonyl (C=O) groups excluding carboxylic acids is 2. The molecule has 2 fully saturated rings. The highest BCUT2D eigenvalue weighted by Gasteiger charge is 2.27. The fourth-order valence-electron chi connectivity index (χ4n) is 5.98. The largest absolute Gasteiger partial charge is 0.350 e. The Morgan fingerprint density at radius 2 is 1.76 bits per heavy atom. The predicted molar refractivity (Wildman–Crippen MR) is 144 cm³/mol. The number of pyridine rings is 1. The van der Waals surface area contributed by atoms with Crippen LogP contribution in [-0.2, 0) is 24.3 Å². The number of piperidine rings is 1. The summed E-state index contributed by atoms with van der Waals surface area (Å²) in [6.07, 6.45) is 4.59. The van der Waals surface area contributed by atoms with Gasteiger partial charge in [-0.25, -0.2) is 0 Å². The normalized spacial score (nSPS) is 20.0. The topological polar surface area (TPSA) is 80.8 Å². The molecule has 0 spiro atoms. The van der Waals surface area contributed by atoms with Crippen LogP contribution >= 0.6 is 0 Å². The van der Waals surface area contributed by atoms with Crippen molar-refractivity contribution in [1.29, 1.82) is 0 Å².